The lowest BCUT2D eigenvalue weighted by atomic mass is 9.98. The van der Waals surface area contributed by atoms with Crippen LogP contribution in [-0.4, -0.2) is 25.2 Å². The Bertz CT molecular complexity index is 594. The lowest BCUT2D eigenvalue weighted by Crippen LogP contribution is -2.44. The van der Waals surface area contributed by atoms with Gasteiger partial charge in [0.25, 0.3) is 0 Å². The Labute approximate surface area is 125 Å². The lowest BCUT2D eigenvalue weighted by Gasteiger charge is -2.32. The summed E-state index contributed by atoms with van der Waals surface area (Å²) in [5.41, 5.74) is 0.928. The second kappa shape index (κ2) is 4.28. The minimum Gasteiger partial charge on any atom is -0.381 e. The summed E-state index contributed by atoms with van der Waals surface area (Å²) in [6.45, 7) is 1.29. The highest BCUT2D eigenvalue weighted by atomic mass is 79.9. The topological polar surface area (TPSA) is 29.5 Å². The van der Waals surface area contributed by atoms with Crippen LogP contribution in [0.1, 0.15) is 31.2 Å². The molecule has 0 atom stereocenters. The Morgan fingerprint density at radius 3 is 2.65 bits per heavy atom. The SMILES string of the molecule is O=C1N(C2CCOCC2)c2c(F)ccc(Br)c2C12CC2. The van der Waals surface area contributed by atoms with Crippen LogP contribution in [0.25, 0.3) is 0 Å². The molecule has 1 aromatic rings. The van der Waals surface area contributed by atoms with Gasteiger partial charge in [-0.1, -0.05) is 15.9 Å². The first kappa shape index (κ1) is 12.8. The molecule has 0 aromatic heterocycles. The van der Waals surface area contributed by atoms with E-state index >= 15 is 0 Å². The van der Waals surface area contributed by atoms with Gasteiger partial charge in [-0.05, 0) is 37.8 Å². The Hall–Kier alpha value is -0.940. The molecule has 1 aromatic carbocycles. The molecule has 2 aliphatic heterocycles. The van der Waals surface area contributed by atoms with E-state index in [1.54, 1.807) is 11.0 Å². The van der Waals surface area contributed by atoms with Crippen LogP contribution in [0, 0.1) is 5.82 Å². The van der Waals surface area contributed by atoms with E-state index in [1.807, 2.05) is 0 Å². The Morgan fingerprint density at radius 1 is 1.30 bits per heavy atom. The predicted molar refractivity (Wildman–Crippen MR) is 76.3 cm³/mol. The van der Waals surface area contributed by atoms with Crippen LogP contribution < -0.4 is 4.90 Å². The first-order valence-electron chi connectivity index (χ1n) is 7.05. The molecule has 106 valence electrons. The first-order chi connectivity index (χ1) is 9.65. The van der Waals surface area contributed by atoms with Crippen molar-refractivity contribution in [1.29, 1.82) is 0 Å². The van der Waals surface area contributed by atoms with Gasteiger partial charge in [-0.25, -0.2) is 4.39 Å². The first-order valence-corrected chi connectivity index (χ1v) is 7.84. The maximum absolute atomic E-state index is 14.4. The van der Waals surface area contributed by atoms with Crippen molar-refractivity contribution in [2.24, 2.45) is 0 Å². The second-order valence-electron chi connectivity index (χ2n) is 5.85. The minimum atomic E-state index is -0.450. The van der Waals surface area contributed by atoms with Crippen LogP contribution in [0.5, 0.6) is 0 Å². The number of fused-ring (bicyclic) bond motifs is 2. The van der Waals surface area contributed by atoms with Crippen LogP contribution in [0.4, 0.5) is 10.1 Å². The third-order valence-corrected chi connectivity index (χ3v) is 5.39. The highest BCUT2D eigenvalue weighted by molar-refractivity contribution is 9.10. The van der Waals surface area contributed by atoms with Crippen LogP contribution in [0.3, 0.4) is 0 Å². The van der Waals surface area contributed by atoms with Crippen molar-refractivity contribution in [1.82, 2.24) is 0 Å². The summed E-state index contributed by atoms with van der Waals surface area (Å²) in [5.74, 6) is -0.197. The molecule has 3 aliphatic rings. The number of anilines is 1. The highest BCUT2D eigenvalue weighted by Crippen LogP contribution is 2.60. The standard InChI is InChI=1S/C15H15BrFNO2/c16-10-1-2-11(17)13-12(10)15(5-6-15)14(19)18(13)9-3-7-20-8-4-9/h1-2,9H,3-8H2. The number of carbonyl (C=O) groups is 1. The Kier molecular flexibility index (Phi) is 2.73. The average molecular weight is 340 g/mol. The molecule has 3 nitrogen and oxygen atoms in total. The van der Waals surface area contributed by atoms with Crippen LogP contribution in [0.15, 0.2) is 16.6 Å². The average Bonchev–Trinajstić information content (AvgIpc) is 3.20. The fraction of sp³-hybridized carbons (Fsp3) is 0.533. The van der Waals surface area contributed by atoms with Gasteiger partial charge in [0.15, 0.2) is 0 Å². The molecule has 1 aliphatic carbocycles. The number of benzene rings is 1. The number of halogens is 2. The third-order valence-electron chi connectivity index (χ3n) is 4.73. The van der Waals surface area contributed by atoms with E-state index in [9.17, 15) is 9.18 Å². The smallest absolute Gasteiger partial charge is 0.238 e. The van der Waals surface area contributed by atoms with Gasteiger partial charge in [0.1, 0.15) is 5.82 Å². The molecule has 20 heavy (non-hydrogen) atoms. The van der Waals surface area contributed by atoms with Crippen molar-refractivity contribution in [3.63, 3.8) is 0 Å². The summed E-state index contributed by atoms with van der Waals surface area (Å²) in [4.78, 5) is 14.6. The van der Waals surface area contributed by atoms with Gasteiger partial charge in [0, 0.05) is 29.3 Å². The second-order valence-corrected chi connectivity index (χ2v) is 6.71. The maximum Gasteiger partial charge on any atom is 0.238 e. The molecule has 2 heterocycles. The molecule has 0 radical (unpaired) electrons. The fourth-order valence-corrected chi connectivity index (χ4v) is 4.25. The molecule has 4 rings (SSSR count). The number of ether oxygens (including phenoxy) is 1. The van der Waals surface area contributed by atoms with Gasteiger partial charge in [-0.15, -0.1) is 0 Å². The number of hydrogen-bond acceptors (Lipinski definition) is 2. The van der Waals surface area contributed by atoms with Crippen LogP contribution in [0.2, 0.25) is 0 Å². The summed E-state index contributed by atoms with van der Waals surface area (Å²) in [6, 6.07) is 3.23. The van der Waals surface area contributed by atoms with Gasteiger partial charge >= 0.3 is 0 Å². The van der Waals surface area contributed by atoms with E-state index < -0.39 is 5.41 Å². The number of carbonyl (C=O) groups excluding carboxylic acids is 1. The number of nitrogens with zero attached hydrogens (tertiary/aromatic N) is 1. The van der Waals surface area contributed by atoms with Crippen molar-refractivity contribution < 1.29 is 13.9 Å². The quantitative estimate of drug-likeness (QED) is 0.786. The third kappa shape index (κ3) is 1.56. The fourth-order valence-electron chi connectivity index (χ4n) is 3.55. The summed E-state index contributed by atoms with van der Waals surface area (Å²) < 4.78 is 20.6. The summed E-state index contributed by atoms with van der Waals surface area (Å²) in [6.07, 6.45) is 3.24. The molecule has 0 unspecified atom stereocenters. The van der Waals surface area contributed by atoms with Gasteiger partial charge in [-0.3, -0.25) is 4.79 Å². The zero-order valence-corrected chi connectivity index (χ0v) is 12.6. The summed E-state index contributed by atoms with van der Waals surface area (Å²) in [5, 5.41) is 0. The van der Waals surface area contributed by atoms with Gasteiger partial charge < -0.3 is 9.64 Å². The highest BCUT2D eigenvalue weighted by Gasteiger charge is 2.61. The van der Waals surface area contributed by atoms with E-state index in [0.717, 1.165) is 35.7 Å². The summed E-state index contributed by atoms with van der Waals surface area (Å²) in [7, 11) is 0. The van der Waals surface area contributed by atoms with Crippen molar-refractivity contribution >= 4 is 27.5 Å². The molecule has 1 amide bonds. The van der Waals surface area contributed by atoms with E-state index in [1.165, 1.54) is 6.07 Å². The maximum atomic E-state index is 14.4. The van der Waals surface area contributed by atoms with Crippen molar-refractivity contribution in [2.75, 3.05) is 18.1 Å². The molecule has 0 N–H and O–H groups in total. The molecule has 5 heteroatoms. The Morgan fingerprint density at radius 2 is 2.00 bits per heavy atom. The lowest BCUT2D eigenvalue weighted by molar-refractivity contribution is -0.121. The number of hydrogen-bond donors (Lipinski definition) is 0. The molecule has 0 bridgehead atoms. The zero-order valence-electron chi connectivity index (χ0n) is 11.0. The van der Waals surface area contributed by atoms with Gasteiger partial charge in [-0.2, -0.15) is 0 Å². The molecule has 1 saturated heterocycles. The molecular weight excluding hydrogens is 325 g/mol. The van der Waals surface area contributed by atoms with Crippen molar-refractivity contribution in [3.05, 3.63) is 28.0 Å². The van der Waals surface area contributed by atoms with E-state index in [-0.39, 0.29) is 17.8 Å². The molecule has 1 saturated carbocycles. The minimum absolute atomic E-state index is 0.0683. The van der Waals surface area contributed by atoms with Crippen molar-refractivity contribution in [3.8, 4) is 0 Å². The molecule has 2 fully saturated rings. The van der Waals surface area contributed by atoms with E-state index in [2.05, 4.69) is 15.9 Å². The van der Waals surface area contributed by atoms with Crippen LogP contribution >= 0.6 is 15.9 Å². The predicted octanol–water partition coefficient (Wildman–Crippen LogP) is 3.15. The summed E-state index contributed by atoms with van der Waals surface area (Å²) >= 11 is 3.51. The largest absolute Gasteiger partial charge is 0.381 e. The zero-order chi connectivity index (χ0) is 13.9. The number of rotatable bonds is 1. The van der Waals surface area contributed by atoms with Gasteiger partial charge in [0.05, 0.1) is 11.1 Å². The monoisotopic (exact) mass is 339 g/mol. The van der Waals surface area contributed by atoms with E-state index in [4.69, 9.17) is 4.74 Å². The number of amides is 1. The van der Waals surface area contributed by atoms with E-state index in [0.29, 0.717) is 18.9 Å². The Balaban J connectivity index is 1.86. The molecule has 1 spiro atoms. The van der Waals surface area contributed by atoms with Gasteiger partial charge in [0.2, 0.25) is 5.91 Å². The normalized spacial score (nSPS) is 24.3. The van der Waals surface area contributed by atoms with Crippen molar-refractivity contribution in [2.45, 2.75) is 37.1 Å². The van der Waals surface area contributed by atoms with Crippen LogP contribution in [-0.2, 0) is 14.9 Å². The molecular formula is C15H15BrFNO2.